The topological polar surface area (TPSA) is 12.0 Å². The number of anilines is 1. The van der Waals surface area contributed by atoms with Crippen LogP contribution in [0, 0.1) is 17.5 Å². The molecule has 0 heterocycles. The Kier molecular flexibility index (Phi) is 4.10. The molecule has 0 saturated heterocycles. The fourth-order valence-electron chi connectivity index (χ4n) is 1.97. The van der Waals surface area contributed by atoms with Gasteiger partial charge in [0.25, 0.3) is 0 Å². The molecule has 1 N–H and O–H groups in total. The molecule has 1 nitrogen and oxygen atoms in total. The number of aryl methyl sites for hydroxylation is 1. The molecule has 0 aliphatic rings. The second-order valence-electron chi connectivity index (χ2n) is 4.22. The summed E-state index contributed by atoms with van der Waals surface area (Å²) in [6.07, 6.45) is 0.840. The molecule has 0 aliphatic heterocycles. The molecule has 19 heavy (non-hydrogen) atoms. The van der Waals surface area contributed by atoms with Crippen LogP contribution in [-0.4, -0.2) is 0 Å². The standard InChI is InChI=1S/C15H14F3N/c1-2-10-5-3-4-6-11(10)9-19-15-13(17)7-12(16)8-14(15)18/h3-8,19H,2,9H2,1H3. The molecular formula is C15H14F3N. The van der Waals surface area contributed by atoms with Crippen LogP contribution < -0.4 is 5.32 Å². The largest absolute Gasteiger partial charge is 0.376 e. The van der Waals surface area contributed by atoms with Crippen molar-refractivity contribution in [2.75, 3.05) is 5.32 Å². The van der Waals surface area contributed by atoms with E-state index in [9.17, 15) is 13.2 Å². The van der Waals surface area contributed by atoms with Crippen LogP contribution in [0.3, 0.4) is 0 Å². The Balaban J connectivity index is 2.19. The summed E-state index contributed by atoms with van der Waals surface area (Å²) >= 11 is 0. The molecule has 0 spiro atoms. The molecule has 0 aliphatic carbocycles. The van der Waals surface area contributed by atoms with E-state index in [1.165, 1.54) is 0 Å². The van der Waals surface area contributed by atoms with Gasteiger partial charge in [-0.05, 0) is 17.5 Å². The maximum absolute atomic E-state index is 13.5. The van der Waals surface area contributed by atoms with E-state index >= 15 is 0 Å². The molecule has 100 valence electrons. The minimum Gasteiger partial charge on any atom is -0.376 e. The Bertz CT molecular complexity index is 558. The van der Waals surface area contributed by atoms with Crippen molar-refractivity contribution < 1.29 is 13.2 Å². The highest BCUT2D eigenvalue weighted by Crippen LogP contribution is 2.21. The molecule has 0 atom stereocenters. The van der Waals surface area contributed by atoms with E-state index in [0.717, 1.165) is 17.5 Å². The first kappa shape index (κ1) is 13.5. The van der Waals surface area contributed by atoms with Gasteiger partial charge in [0.15, 0.2) is 11.6 Å². The first-order chi connectivity index (χ1) is 9.11. The van der Waals surface area contributed by atoms with E-state index in [-0.39, 0.29) is 5.69 Å². The quantitative estimate of drug-likeness (QED) is 0.870. The zero-order chi connectivity index (χ0) is 13.8. The van der Waals surface area contributed by atoms with Crippen LogP contribution in [0.1, 0.15) is 18.1 Å². The lowest BCUT2D eigenvalue weighted by molar-refractivity contribution is 0.547. The lowest BCUT2D eigenvalue weighted by Gasteiger charge is -2.11. The van der Waals surface area contributed by atoms with Gasteiger partial charge in [-0.2, -0.15) is 0 Å². The van der Waals surface area contributed by atoms with E-state index in [1.54, 1.807) is 0 Å². The van der Waals surface area contributed by atoms with E-state index in [2.05, 4.69) is 5.32 Å². The van der Waals surface area contributed by atoms with Gasteiger partial charge in [-0.1, -0.05) is 31.2 Å². The molecule has 0 bridgehead atoms. The van der Waals surface area contributed by atoms with Crippen LogP contribution in [0.2, 0.25) is 0 Å². The fraction of sp³-hybridized carbons (Fsp3) is 0.200. The molecule has 0 amide bonds. The maximum atomic E-state index is 13.5. The highest BCUT2D eigenvalue weighted by Gasteiger charge is 2.11. The number of hydrogen-bond acceptors (Lipinski definition) is 1. The van der Waals surface area contributed by atoms with Crippen LogP contribution in [-0.2, 0) is 13.0 Å². The van der Waals surface area contributed by atoms with Gasteiger partial charge in [-0.3, -0.25) is 0 Å². The van der Waals surface area contributed by atoms with Gasteiger partial charge >= 0.3 is 0 Å². The van der Waals surface area contributed by atoms with E-state index < -0.39 is 17.5 Å². The highest BCUT2D eigenvalue weighted by molar-refractivity contribution is 5.47. The Morgan fingerprint density at radius 3 is 2.11 bits per heavy atom. The third-order valence-electron chi connectivity index (χ3n) is 2.96. The van der Waals surface area contributed by atoms with Gasteiger partial charge in [0.1, 0.15) is 11.5 Å². The Labute approximate surface area is 110 Å². The number of rotatable bonds is 4. The molecule has 2 aromatic carbocycles. The SMILES string of the molecule is CCc1ccccc1CNc1c(F)cc(F)cc1F. The summed E-state index contributed by atoms with van der Waals surface area (Å²) in [5.74, 6) is -2.77. The molecule has 0 radical (unpaired) electrons. The minimum absolute atomic E-state index is 0.295. The van der Waals surface area contributed by atoms with Crippen molar-refractivity contribution in [3.8, 4) is 0 Å². The summed E-state index contributed by atoms with van der Waals surface area (Å²) in [7, 11) is 0. The van der Waals surface area contributed by atoms with Crippen molar-refractivity contribution in [3.63, 3.8) is 0 Å². The lowest BCUT2D eigenvalue weighted by atomic mass is 10.1. The van der Waals surface area contributed by atoms with Crippen molar-refractivity contribution in [3.05, 3.63) is 65.0 Å². The van der Waals surface area contributed by atoms with Crippen LogP contribution in [0.15, 0.2) is 36.4 Å². The van der Waals surface area contributed by atoms with E-state index in [1.807, 2.05) is 31.2 Å². The monoisotopic (exact) mass is 265 g/mol. The predicted molar refractivity (Wildman–Crippen MR) is 69.5 cm³/mol. The second kappa shape index (κ2) is 5.78. The second-order valence-corrected chi connectivity index (χ2v) is 4.22. The van der Waals surface area contributed by atoms with Crippen LogP contribution in [0.4, 0.5) is 18.9 Å². The molecular weight excluding hydrogens is 251 g/mol. The van der Waals surface area contributed by atoms with Gasteiger partial charge in [0.05, 0.1) is 0 Å². The molecule has 0 aromatic heterocycles. The first-order valence-corrected chi connectivity index (χ1v) is 6.07. The third kappa shape index (κ3) is 3.08. The van der Waals surface area contributed by atoms with E-state index in [0.29, 0.717) is 18.7 Å². The Morgan fingerprint density at radius 2 is 1.53 bits per heavy atom. The average Bonchev–Trinajstić information content (AvgIpc) is 2.38. The number of benzene rings is 2. The van der Waals surface area contributed by atoms with Gasteiger partial charge in [0, 0.05) is 18.7 Å². The van der Waals surface area contributed by atoms with Crippen LogP contribution in [0.25, 0.3) is 0 Å². The first-order valence-electron chi connectivity index (χ1n) is 6.07. The zero-order valence-electron chi connectivity index (χ0n) is 10.5. The molecule has 0 fully saturated rings. The third-order valence-corrected chi connectivity index (χ3v) is 2.96. The smallest absolute Gasteiger partial charge is 0.152 e. The predicted octanol–water partition coefficient (Wildman–Crippen LogP) is 4.28. The van der Waals surface area contributed by atoms with Crippen molar-refractivity contribution in [1.82, 2.24) is 0 Å². The minimum atomic E-state index is -0.925. The van der Waals surface area contributed by atoms with Crippen molar-refractivity contribution >= 4 is 5.69 Å². The summed E-state index contributed by atoms with van der Waals surface area (Å²) in [4.78, 5) is 0. The maximum Gasteiger partial charge on any atom is 0.152 e. The molecule has 4 heteroatoms. The summed E-state index contributed by atoms with van der Waals surface area (Å²) in [6.45, 7) is 2.31. The lowest BCUT2D eigenvalue weighted by Crippen LogP contribution is -2.06. The number of hydrogen-bond donors (Lipinski definition) is 1. The summed E-state index contributed by atoms with van der Waals surface area (Å²) in [5.41, 5.74) is 1.78. The molecule has 2 rings (SSSR count). The van der Waals surface area contributed by atoms with Crippen molar-refractivity contribution in [1.29, 1.82) is 0 Å². The van der Waals surface area contributed by atoms with Crippen LogP contribution in [0.5, 0.6) is 0 Å². The normalized spacial score (nSPS) is 10.5. The summed E-state index contributed by atoms with van der Waals surface area (Å²) in [5, 5.41) is 2.68. The Hall–Kier alpha value is -1.97. The zero-order valence-corrected chi connectivity index (χ0v) is 10.5. The molecule has 2 aromatic rings. The van der Waals surface area contributed by atoms with Gasteiger partial charge in [-0.25, -0.2) is 13.2 Å². The van der Waals surface area contributed by atoms with Gasteiger partial charge in [0.2, 0.25) is 0 Å². The number of nitrogens with one attached hydrogen (secondary N) is 1. The summed E-state index contributed by atoms with van der Waals surface area (Å²) in [6, 6.07) is 8.97. The molecule has 0 unspecified atom stereocenters. The fourth-order valence-corrected chi connectivity index (χ4v) is 1.97. The highest BCUT2D eigenvalue weighted by atomic mass is 19.1. The Morgan fingerprint density at radius 1 is 0.947 bits per heavy atom. The van der Waals surface area contributed by atoms with Gasteiger partial charge < -0.3 is 5.32 Å². The van der Waals surface area contributed by atoms with Crippen molar-refractivity contribution in [2.45, 2.75) is 19.9 Å². The van der Waals surface area contributed by atoms with E-state index in [4.69, 9.17) is 0 Å². The number of halogens is 3. The van der Waals surface area contributed by atoms with Crippen LogP contribution >= 0.6 is 0 Å². The van der Waals surface area contributed by atoms with Gasteiger partial charge in [-0.15, -0.1) is 0 Å². The molecule has 0 saturated carbocycles. The summed E-state index contributed by atoms with van der Waals surface area (Å²) < 4.78 is 39.7. The van der Waals surface area contributed by atoms with Crippen molar-refractivity contribution in [2.24, 2.45) is 0 Å². The average molecular weight is 265 g/mol.